The molecule has 0 radical (unpaired) electrons. The minimum absolute atomic E-state index is 0.0127. The molecule has 32 heavy (non-hydrogen) atoms. The predicted octanol–water partition coefficient (Wildman–Crippen LogP) is 2.28. The summed E-state index contributed by atoms with van der Waals surface area (Å²) in [5.74, 6) is 0.610. The van der Waals surface area contributed by atoms with Crippen LogP contribution < -0.4 is 9.04 Å². The van der Waals surface area contributed by atoms with Crippen LogP contribution in [-0.4, -0.2) is 65.5 Å². The SMILES string of the molecule is Cc1cc(C)n(CCC(=O)N2CCC(Oc3ccc(N(C)S(=O)(=O)C4CC4)cn3)CC2)n1. The smallest absolute Gasteiger partial charge is 0.237 e. The van der Waals surface area contributed by atoms with Crippen LogP contribution in [0.25, 0.3) is 0 Å². The van der Waals surface area contributed by atoms with Crippen LogP contribution in [0.2, 0.25) is 0 Å². The summed E-state index contributed by atoms with van der Waals surface area (Å²) in [5.41, 5.74) is 2.57. The normalized spacial score (nSPS) is 17.4. The standard InChI is InChI=1S/C22H31N5O4S/c1-16-14-17(2)27(24-16)13-10-22(28)26-11-8-19(9-12-26)31-21-7-4-18(15-23-21)25(3)32(29,30)20-5-6-20/h4,7,14-15,19-20H,5-6,8-13H2,1-3H3. The Labute approximate surface area is 189 Å². The predicted molar refractivity (Wildman–Crippen MR) is 121 cm³/mol. The number of carbonyl (C=O) groups is 1. The number of hydrogen-bond donors (Lipinski definition) is 0. The number of aryl methyl sites for hydroxylation is 3. The molecule has 0 spiro atoms. The Hall–Kier alpha value is -2.62. The molecule has 174 valence electrons. The second kappa shape index (κ2) is 9.09. The number of hydrogen-bond acceptors (Lipinski definition) is 6. The molecule has 0 bridgehead atoms. The van der Waals surface area contributed by atoms with E-state index < -0.39 is 10.0 Å². The van der Waals surface area contributed by atoms with Crippen molar-refractivity contribution in [2.24, 2.45) is 0 Å². The molecule has 10 heteroatoms. The van der Waals surface area contributed by atoms with E-state index in [1.165, 1.54) is 10.5 Å². The molecular formula is C22H31N5O4S. The lowest BCUT2D eigenvalue weighted by Gasteiger charge is -2.32. The van der Waals surface area contributed by atoms with Crippen molar-refractivity contribution in [3.63, 3.8) is 0 Å². The van der Waals surface area contributed by atoms with Gasteiger partial charge in [-0.05, 0) is 38.8 Å². The first-order chi connectivity index (χ1) is 15.2. The van der Waals surface area contributed by atoms with E-state index in [1.807, 2.05) is 29.5 Å². The molecule has 2 fully saturated rings. The van der Waals surface area contributed by atoms with Crippen LogP contribution in [0, 0.1) is 13.8 Å². The van der Waals surface area contributed by atoms with Gasteiger partial charge in [0.1, 0.15) is 6.10 Å². The summed E-state index contributed by atoms with van der Waals surface area (Å²) < 4.78 is 33.9. The summed E-state index contributed by atoms with van der Waals surface area (Å²) in [7, 11) is -1.73. The van der Waals surface area contributed by atoms with E-state index in [1.54, 1.807) is 19.2 Å². The highest BCUT2D eigenvalue weighted by Crippen LogP contribution is 2.32. The number of amides is 1. The second-order valence-electron chi connectivity index (χ2n) is 8.66. The average molecular weight is 462 g/mol. The molecule has 3 heterocycles. The van der Waals surface area contributed by atoms with Crippen molar-refractivity contribution in [2.75, 3.05) is 24.4 Å². The fourth-order valence-electron chi connectivity index (χ4n) is 4.02. The summed E-state index contributed by atoms with van der Waals surface area (Å²) in [4.78, 5) is 18.8. The second-order valence-corrected chi connectivity index (χ2v) is 10.9. The first-order valence-corrected chi connectivity index (χ1v) is 12.6. The highest BCUT2D eigenvalue weighted by atomic mass is 32.2. The monoisotopic (exact) mass is 461 g/mol. The minimum atomic E-state index is -3.29. The molecule has 9 nitrogen and oxygen atoms in total. The number of rotatable bonds is 8. The lowest BCUT2D eigenvalue weighted by Crippen LogP contribution is -2.42. The summed E-state index contributed by atoms with van der Waals surface area (Å²) in [6.45, 7) is 5.85. The average Bonchev–Trinajstić information content (AvgIpc) is 3.58. The van der Waals surface area contributed by atoms with E-state index in [0.717, 1.165) is 37.1 Å². The number of piperidine rings is 1. The van der Waals surface area contributed by atoms with Gasteiger partial charge in [0.2, 0.25) is 21.8 Å². The molecule has 0 N–H and O–H groups in total. The van der Waals surface area contributed by atoms with Crippen molar-refractivity contribution in [2.45, 2.75) is 63.9 Å². The van der Waals surface area contributed by atoms with Gasteiger partial charge in [0.25, 0.3) is 0 Å². The Kier molecular flexibility index (Phi) is 6.41. The molecule has 0 atom stereocenters. The van der Waals surface area contributed by atoms with Crippen LogP contribution in [-0.2, 0) is 21.4 Å². The van der Waals surface area contributed by atoms with Gasteiger partial charge >= 0.3 is 0 Å². The molecule has 1 saturated carbocycles. The van der Waals surface area contributed by atoms with Crippen molar-refractivity contribution in [1.29, 1.82) is 0 Å². The van der Waals surface area contributed by atoms with Gasteiger partial charge in [-0.2, -0.15) is 5.10 Å². The number of likely N-dealkylation sites (tertiary alicyclic amines) is 1. The molecule has 1 saturated heterocycles. The first-order valence-electron chi connectivity index (χ1n) is 11.1. The molecule has 1 aliphatic carbocycles. The Morgan fingerprint density at radius 2 is 1.91 bits per heavy atom. The summed E-state index contributed by atoms with van der Waals surface area (Å²) >= 11 is 0. The number of sulfonamides is 1. The molecule has 0 unspecified atom stereocenters. The highest BCUT2D eigenvalue weighted by molar-refractivity contribution is 7.93. The zero-order chi connectivity index (χ0) is 22.9. The highest BCUT2D eigenvalue weighted by Gasteiger charge is 2.39. The number of ether oxygens (including phenoxy) is 1. The van der Waals surface area contributed by atoms with Crippen molar-refractivity contribution in [1.82, 2.24) is 19.7 Å². The van der Waals surface area contributed by atoms with Crippen molar-refractivity contribution in [3.8, 4) is 5.88 Å². The molecule has 1 aliphatic heterocycles. The van der Waals surface area contributed by atoms with Gasteiger partial charge in [-0.1, -0.05) is 0 Å². The summed E-state index contributed by atoms with van der Waals surface area (Å²) in [5, 5.41) is 4.15. The van der Waals surface area contributed by atoms with Gasteiger partial charge < -0.3 is 9.64 Å². The maximum absolute atomic E-state index is 12.6. The first kappa shape index (κ1) is 22.6. The molecular weight excluding hydrogens is 430 g/mol. The van der Waals surface area contributed by atoms with E-state index in [2.05, 4.69) is 10.1 Å². The van der Waals surface area contributed by atoms with Crippen LogP contribution in [0.1, 0.15) is 43.5 Å². The fraction of sp³-hybridized carbons (Fsp3) is 0.591. The Bertz CT molecular complexity index is 1050. The van der Waals surface area contributed by atoms with E-state index in [-0.39, 0.29) is 17.3 Å². The van der Waals surface area contributed by atoms with E-state index in [4.69, 9.17) is 4.74 Å². The van der Waals surface area contributed by atoms with Gasteiger partial charge in [-0.15, -0.1) is 0 Å². The van der Waals surface area contributed by atoms with Crippen LogP contribution in [0.4, 0.5) is 5.69 Å². The lowest BCUT2D eigenvalue weighted by molar-refractivity contribution is -0.133. The molecule has 2 aromatic heterocycles. The number of aromatic nitrogens is 3. The zero-order valence-electron chi connectivity index (χ0n) is 18.9. The van der Waals surface area contributed by atoms with Crippen molar-refractivity contribution in [3.05, 3.63) is 35.8 Å². The molecule has 2 aliphatic rings. The van der Waals surface area contributed by atoms with E-state index >= 15 is 0 Å². The quantitative estimate of drug-likeness (QED) is 0.598. The molecule has 4 rings (SSSR count). The van der Waals surface area contributed by atoms with E-state index in [0.29, 0.717) is 37.6 Å². The Morgan fingerprint density at radius 3 is 2.47 bits per heavy atom. The summed E-state index contributed by atoms with van der Waals surface area (Å²) in [6.07, 6.45) is 4.90. The third-order valence-corrected chi connectivity index (χ3v) is 8.42. The lowest BCUT2D eigenvalue weighted by atomic mass is 10.1. The number of carbonyl (C=O) groups excluding carboxylic acids is 1. The van der Waals surface area contributed by atoms with Gasteiger partial charge in [0.15, 0.2) is 0 Å². The maximum Gasteiger partial charge on any atom is 0.237 e. The van der Waals surface area contributed by atoms with Gasteiger partial charge in [-0.3, -0.25) is 13.8 Å². The van der Waals surface area contributed by atoms with E-state index in [9.17, 15) is 13.2 Å². The topological polar surface area (TPSA) is 97.6 Å². The minimum Gasteiger partial charge on any atom is -0.474 e. The van der Waals surface area contributed by atoms with Crippen LogP contribution in [0.5, 0.6) is 5.88 Å². The van der Waals surface area contributed by atoms with Crippen LogP contribution in [0.15, 0.2) is 24.4 Å². The largest absolute Gasteiger partial charge is 0.474 e. The fourth-order valence-corrected chi connectivity index (χ4v) is 5.60. The van der Waals surface area contributed by atoms with Gasteiger partial charge in [0.05, 0.1) is 22.8 Å². The van der Waals surface area contributed by atoms with Gasteiger partial charge in [-0.25, -0.2) is 13.4 Å². The third-order valence-electron chi connectivity index (χ3n) is 6.13. The Balaban J connectivity index is 1.24. The number of anilines is 1. The zero-order valence-corrected chi connectivity index (χ0v) is 19.7. The number of nitrogens with zero attached hydrogens (tertiary/aromatic N) is 5. The Morgan fingerprint density at radius 1 is 1.19 bits per heavy atom. The van der Waals surface area contributed by atoms with Crippen LogP contribution in [0.3, 0.4) is 0 Å². The third kappa shape index (κ3) is 5.06. The van der Waals surface area contributed by atoms with Crippen molar-refractivity contribution < 1.29 is 17.9 Å². The molecule has 2 aromatic rings. The summed E-state index contributed by atoms with van der Waals surface area (Å²) in [6, 6.07) is 5.44. The number of pyridine rings is 1. The maximum atomic E-state index is 12.6. The van der Waals surface area contributed by atoms with Gasteiger partial charge in [0, 0.05) is 57.7 Å². The van der Waals surface area contributed by atoms with Crippen LogP contribution >= 0.6 is 0 Å². The molecule has 0 aromatic carbocycles. The van der Waals surface area contributed by atoms with Crippen molar-refractivity contribution >= 4 is 21.6 Å². The molecule has 1 amide bonds.